The maximum absolute atomic E-state index is 14.8. The average molecular weight is 461 g/mol. The number of carbonyl (C=O) groups excluding carboxylic acids is 3. The Morgan fingerprint density at radius 1 is 1.12 bits per heavy atom. The van der Waals surface area contributed by atoms with E-state index in [0.717, 1.165) is 17.0 Å². The summed E-state index contributed by atoms with van der Waals surface area (Å²) in [6.45, 7) is 0. The molecule has 0 radical (unpaired) electrons. The number of hydrogen-bond acceptors (Lipinski definition) is 6. The predicted molar refractivity (Wildman–Crippen MR) is 116 cm³/mol. The minimum Gasteiger partial charge on any atom is -0.468 e. The lowest BCUT2D eigenvalue weighted by molar-refractivity contribution is -0.152. The first-order valence-corrected chi connectivity index (χ1v) is 11.5. The van der Waals surface area contributed by atoms with E-state index in [9.17, 15) is 23.2 Å². The summed E-state index contributed by atoms with van der Waals surface area (Å²) in [7, 11) is 1.22. The van der Waals surface area contributed by atoms with Gasteiger partial charge in [0.1, 0.15) is 17.2 Å². The number of imide groups is 1. The number of methoxy groups -OCH3 is 1. The molecule has 1 N–H and O–H groups in total. The Morgan fingerprint density at radius 3 is 2.44 bits per heavy atom. The van der Waals surface area contributed by atoms with Crippen LogP contribution in [0.1, 0.15) is 18.0 Å². The fraction of sp³-hybridized carbons (Fsp3) is 0.348. The molecule has 2 aromatic rings. The first-order chi connectivity index (χ1) is 15.4. The monoisotopic (exact) mass is 460 g/mol. The molecule has 4 rings (SSSR count). The number of halogens is 2. The van der Waals surface area contributed by atoms with Crippen molar-refractivity contribution in [2.75, 3.05) is 24.0 Å². The number of rotatable bonds is 6. The van der Waals surface area contributed by atoms with E-state index >= 15 is 0 Å². The zero-order valence-electron chi connectivity index (χ0n) is 17.5. The fourth-order valence-corrected chi connectivity index (χ4v) is 5.33. The van der Waals surface area contributed by atoms with Gasteiger partial charge in [-0.15, -0.1) is 0 Å². The third kappa shape index (κ3) is 3.40. The minimum absolute atomic E-state index is 0.194. The second-order valence-electron chi connectivity index (χ2n) is 7.84. The van der Waals surface area contributed by atoms with E-state index in [0.29, 0.717) is 5.75 Å². The molecule has 0 spiro atoms. The molecule has 2 heterocycles. The molecule has 9 heteroatoms. The average Bonchev–Trinajstić information content (AvgIpc) is 3.27. The van der Waals surface area contributed by atoms with E-state index < -0.39 is 52.8 Å². The van der Waals surface area contributed by atoms with Crippen molar-refractivity contribution in [3.05, 3.63) is 65.7 Å². The second-order valence-corrected chi connectivity index (χ2v) is 8.83. The number of thioether (sulfide) groups is 1. The molecule has 2 aromatic carbocycles. The van der Waals surface area contributed by atoms with Gasteiger partial charge in [-0.3, -0.25) is 19.7 Å². The Labute approximate surface area is 188 Å². The van der Waals surface area contributed by atoms with Gasteiger partial charge in [-0.05, 0) is 48.8 Å². The number of carbonyl (C=O) groups is 3. The number of esters is 1. The van der Waals surface area contributed by atoms with Crippen LogP contribution in [0.4, 0.5) is 14.5 Å². The van der Waals surface area contributed by atoms with Crippen molar-refractivity contribution in [2.45, 2.75) is 18.0 Å². The fourth-order valence-electron chi connectivity index (χ4n) is 4.81. The van der Waals surface area contributed by atoms with Crippen molar-refractivity contribution in [2.24, 2.45) is 11.8 Å². The van der Waals surface area contributed by atoms with E-state index in [-0.39, 0.29) is 17.7 Å². The lowest BCUT2D eigenvalue weighted by Gasteiger charge is -2.32. The van der Waals surface area contributed by atoms with Gasteiger partial charge in [-0.25, -0.2) is 13.7 Å². The first kappa shape index (κ1) is 22.4. The molecular weight excluding hydrogens is 438 g/mol. The molecule has 32 heavy (non-hydrogen) atoms. The second kappa shape index (κ2) is 8.63. The van der Waals surface area contributed by atoms with E-state index in [1.54, 1.807) is 6.07 Å². The quantitative estimate of drug-likeness (QED) is 0.528. The summed E-state index contributed by atoms with van der Waals surface area (Å²) < 4.78 is 33.3. The van der Waals surface area contributed by atoms with Gasteiger partial charge in [-0.1, -0.05) is 18.2 Å². The number of nitrogens with zero attached hydrogens (tertiary/aromatic N) is 1. The van der Waals surface area contributed by atoms with E-state index in [2.05, 4.69) is 5.32 Å². The molecule has 4 atom stereocenters. The molecule has 0 aromatic heterocycles. The van der Waals surface area contributed by atoms with Crippen LogP contribution < -0.4 is 10.2 Å². The molecule has 2 saturated heterocycles. The highest BCUT2D eigenvalue weighted by molar-refractivity contribution is 7.98. The lowest BCUT2D eigenvalue weighted by atomic mass is 9.78. The number of benzene rings is 2. The van der Waals surface area contributed by atoms with Gasteiger partial charge in [-0.2, -0.15) is 11.8 Å². The van der Waals surface area contributed by atoms with Crippen LogP contribution in [0.5, 0.6) is 0 Å². The predicted octanol–water partition coefficient (Wildman–Crippen LogP) is 3.08. The Morgan fingerprint density at radius 2 is 1.81 bits per heavy atom. The van der Waals surface area contributed by atoms with Crippen LogP contribution in [0.2, 0.25) is 0 Å². The number of hydrogen-bond donors (Lipinski definition) is 1. The Bertz CT molecular complexity index is 1060. The zero-order valence-corrected chi connectivity index (χ0v) is 18.3. The Balaban J connectivity index is 1.87. The van der Waals surface area contributed by atoms with Gasteiger partial charge in [0.25, 0.3) is 0 Å². The Kier molecular flexibility index (Phi) is 6.05. The van der Waals surface area contributed by atoms with E-state index in [1.807, 2.05) is 6.26 Å². The van der Waals surface area contributed by atoms with Gasteiger partial charge in [0.15, 0.2) is 0 Å². The van der Waals surface area contributed by atoms with Gasteiger partial charge in [0.2, 0.25) is 11.8 Å². The summed E-state index contributed by atoms with van der Waals surface area (Å²) in [5.41, 5.74) is -1.11. The van der Waals surface area contributed by atoms with Crippen molar-refractivity contribution in [3.8, 4) is 0 Å². The van der Waals surface area contributed by atoms with Crippen molar-refractivity contribution < 1.29 is 27.9 Å². The zero-order chi connectivity index (χ0) is 23.0. The van der Waals surface area contributed by atoms with Crippen molar-refractivity contribution >= 4 is 35.2 Å². The molecule has 2 aliphatic rings. The van der Waals surface area contributed by atoms with Gasteiger partial charge < -0.3 is 4.74 Å². The van der Waals surface area contributed by atoms with Crippen molar-refractivity contribution in [3.63, 3.8) is 0 Å². The number of fused-ring (bicyclic) bond motifs is 1. The van der Waals surface area contributed by atoms with Crippen molar-refractivity contribution in [1.82, 2.24) is 5.32 Å². The number of anilines is 1. The number of amides is 2. The molecule has 0 bridgehead atoms. The molecule has 0 unspecified atom stereocenters. The maximum Gasteiger partial charge on any atom is 0.326 e. The molecule has 2 aliphatic heterocycles. The summed E-state index contributed by atoms with van der Waals surface area (Å²) in [5, 5.41) is 3.13. The number of ether oxygens (including phenoxy) is 1. The summed E-state index contributed by atoms with van der Waals surface area (Å²) in [5.74, 6) is -4.51. The molecule has 6 nitrogen and oxygen atoms in total. The standard InChI is InChI=1S/C23H22F2N2O4S/c1-31-22(30)23(11-12-32-2)18-17(19(26-23)15-5-3-4-6-16(15)25)20(28)27(21(18)29)14-9-7-13(24)8-10-14/h3-10,17-19,26H,11-12H2,1-2H3/t17-,18-,19-,23-/m1/s1. The highest BCUT2D eigenvalue weighted by atomic mass is 32.2. The van der Waals surface area contributed by atoms with Crippen LogP contribution in [-0.2, 0) is 19.1 Å². The Hall–Kier alpha value is -2.78. The topological polar surface area (TPSA) is 75.7 Å². The van der Waals surface area contributed by atoms with Crippen LogP contribution in [-0.4, -0.2) is 42.4 Å². The molecule has 168 valence electrons. The van der Waals surface area contributed by atoms with Crippen LogP contribution in [0.25, 0.3) is 0 Å². The van der Waals surface area contributed by atoms with Crippen LogP contribution >= 0.6 is 11.8 Å². The highest BCUT2D eigenvalue weighted by Crippen LogP contribution is 2.51. The van der Waals surface area contributed by atoms with Crippen LogP contribution in [0.3, 0.4) is 0 Å². The summed E-state index contributed by atoms with van der Waals surface area (Å²) in [4.78, 5) is 41.2. The van der Waals surface area contributed by atoms with Crippen molar-refractivity contribution in [1.29, 1.82) is 0 Å². The minimum atomic E-state index is -1.50. The summed E-state index contributed by atoms with van der Waals surface area (Å²) in [6, 6.07) is 10.0. The molecule has 0 aliphatic carbocycles. The SMILES string of the molecule is COC(=O)[C@]1(CCSC)N[C@H](c2ccccc2F)[C@@H]2C(=O)N(c3ccc(F)cc3)C(=O)[C@@H]21. The maximum atomic E-state index is 14.8. The summed E-state index contributed by atoms with van der Waals surface area (Å²) in [6.07, 6.45) is 2.07. The third-order valence-corrected chi connectivity index (χ3v) is 6.84. The smallest absolute Gasteiger partial charge is 0.326 e. The molecule has 0 saturated carbocycles. The van der Waals surface area contributed by atoms with Gasteiger partial charge in [0, 0.05) is 11.6 Å². The third-order valence-electron chi connectivity index (χ3n) is 6.23. The lowest BCUT2D eigenvalue weighted by Crippen LogP contribution is -2.56. The van der Waals surface area contributed by atoms with E-state index in [1.165, 1.54) is 49.2 Å². The van der Waals surface area contributed by atoms with Gasteiger partial charge in [0.05, 0.1) is 24.6 Å². The molecular formula is C23H22F2N2O4S. The van der Waals surface area contributed by atoms with Crippen LogP contribution in [0, 0.1) is 23.5 Å². The number of nitrogens with one attached hydrogen (secondary N) is 1. The normalized spacial score (nSPS) is 27.0. The summed E-state index contributed by atoms with van der Waals surface area (Å²) >= 11 is 1.48. The molecule has 2 amide bonds. The van der Waals surface area contributed by atoms with Gasteiger partial charge >= 0.3 is 5.97 Å². The van der Waals surface area contributed by atoms with Crippen LogP contribution in [0.15, 0.2) is 48.5 Å². The largest absolute Gasteiger partial charge is 0.468 e. The van der Waals surface area contributed by atoms with E-state index in [4.69, 9.17) is 4.74 Å². The molecule has 2 fully saturated rings. The highest BCUT2D eigenvalue weighted by Gasteiger charge is 2.68. The first-order valence-electron chi connectivity index (χ1n) is 10.1.